The molecular weight excluding hydrogens is 252 g/mol. The number of likely N-dealkylation sites (N-methyl/N-ethyl adjacent to an activating group) is 1. The van der Waals surface area contributed by atoms with Crippen molar-refractivity contribution in [2.75, 3.05) is 32.6 Å². The molecule has 1 rings (SSSR count). The molecule has 0 fully saturated rings. The van der Waals surface area contributed by atoms with E-state index in [1.165, 1.54) is 0 Å². The standard InChI is InChI=1S/C16H28N2O2/c1-12(2)13(3)17-14-6-8-16(9-7-14)20-11-15(19)10-18(4)5/h6-9,12-13,15,17,19H,10-11H2,1-5H3. The molecule has 114 valence electrons. The Labute approximate surface area is 122 Å². The average molecular weight is 280 g/mol. The molecule has 1 aromatic carbocycles. The summed E-state index contributed by atoms with van der Waals surface area (Å²) in [5.74, 6) is 1.37. The number of anilines is 1. The molecule has 20 heavy (non-hydrogen) atoms. The third-order valence-electron chi connectivity index (χ3n) is 3.27. The van der Waals surface area contributed by atoms with Gasteiger partial charge in [0.25, 0.3) is 0 Å². The van der Waals surface area contributed by atoms with Crippen LogP contribution in [0, 0.1) is 5.92 Å². The molecule has 2 unspecified atom stereocenters. The summed E-state index contributed by atoms with van der Waals surface area (Å²) < 4.78 is 5.57. The molecule has 2 N–H and O–H groups in total. The summed E-state index contributed by atoms with van der Waals surface area (Å²) in [6.45, 7) is 7.48. The monoisotopic (exact) mass is 280 g/mol. The highest BCUT2D eigenvalue weighted by Gasteiger charge is 2.08. The van der Waals surface area contributed by atoms with E-state index in [1.54, 1.807) is 0 Å². The van der Waals surface area contributed by atoms with Crippen molar-refractivity contribution in [1.29, 1.82) is 0 Å². The molecule has 0 heterocycles. The van der Waals surface area contributed by atoms with Gasteiger partial charge in [0.1, 0.15) is 18.5 Å². The zero-order chi connectivity index (χ0) is 15.1. The molecule has 2 atom stereocenters. The summed E-state index contributed by atoms with van der Waals surface area (Å²) in [7, 11) is 3.86. The van der Waals surface area contributed by atoms with Gasteiger partial charge >= 0.3 is 0 Å². The fourth-order valence-corrected chi connectivity index (χ4v) is 1.74. The van der Waals surface area contributed by atoms with Crippen LogP contribution in [-0.4, -0.2) is 49.4 Å². The molecule has 1 aromatic rings. The van der Waals surface area contributed by atoms with Gasteiger partial charge in [-0.1, -0.05) is 13.8 Å². The van der Waals surface area contributed by atoms with Crippen molar-refractivity contribution in [2.45, 2.75) is 32.9 Å². The molecule has 0 bridgehead atoms. The SMILES string of the molecule is CC(C)C(C)Nc1ccc(OCC(O)CN(C)C)cc1. The molecule has 0 aliphatic heterocycles. The van der Waals surface area contributed by atoms with Crippen LogP contribution in [0.3, 0.4) is 0 Å². The molecule has 0 saturated heterocycles. The van der Waals surface area contributed by atoms with Crippen LogP contribution in [-0.2, 0) is 0 Å². The number of rotatable bonds is 8. The van der Waals surface area contributed by atoms with Crippen molar-refractivity contribution < 1.29 is 9.84 Å². The van der Waals surface area contributed by atoms with Crippen LogP contribution in [0.5, 0.6) is 5.75 Å². The Morgan fingerprint density at radius 3 is 2.25 bits per heavy atom. The highest BCUT2D eigenvalue weighted by Crippen LogP contribution is 2.18. The first-order chi connectivity index (χ1) is 9.38. The minimum Gasteiger partial charge on any atom is -0.491 e. The molecular formula is C16H28N2O2. The first kappa shape index (κ1) is 16.8. The molecule has 4 heteroatoms. The van der Waals surface area contributed by atoms with Crippen LogP contribution < -0.4 is 10.1 Å². The Bertz CT molecular complexity index is 377. The maximum absolute atomic E-state index is 9.74. The molecule has 0 aliphatic rings. The summed E-state index contributed by atoms with van der Waals surface area (Å²) in [5, 5.41) is 13.2. The van der Waals surface area contributed by atoms with E-state index in [4.69, 9.17) is 4.74 Å². The van der Waals surface area contributed by atoms with Gasteiger partial charge in [-0.3, -0.25) is 0 Å². The topological polar surface area (TPSA) is 44.7 Å². The van der Waals surface area contributed by atoms with Gasteiger partial charge in [0, 0.05) is 18.3 Å². The van der Waals surface area contributed by atoms with Crippen LogP contribution in [0.2, 0.25) is 0 Å². The minimum atomic E-state index is -0.469. The van der Waals surface area contributed by atoms with Gasteiger partial charge in [-0.05, 0) is 51.2 Å². The quantitative estimate of drug-likeness (QED) is 0.768. The minimum absolute atomic E-state index is 0.313. The van der Waals surface area contributed by atoms with E-state index in [0.29, 0.717) is 25.1 Å². The first-order valence-electron chi connectivity index (χ1n) is 7.20. The zero-order valence-electron chi connectivity index (χ0n) is 13.3. The van der Waals surface area contributed by atoms with E-state index >= 15 is 0 Å². The number of hydrogen-bond acceptors (Lipinski definition) is 4. The van der Waals surface area contributed by atoms with Crippen molar-refractivity contribution in [3.63, 3.8) is 0 Å². The lowest BCUT2D eigenvalue weighted by molar-refractivity contribution is 0.0831. The summed E-state index contributed by atoms with van der Waals surface area (Å²) in [6.07, 6.45) is -0.469. The van der Waals surface area contributed by atoms with E-state index in [2.05, 4.69) is 26.1 Å². The first-order valence-corrected chi connectivity index (χ1v) is 7.20. The molecule has 0 saturated carbocycles. The number of benzene rings is 1. The summed E-state index contributed by atoms with van der Waals surface area (Å²) >= 11 is 0. The second-order valence-electron chi connectivity index (χ2n) is 5.93. The van der Waals surface area contributed by atoms with Crippen LogP contribution in [0.1, 0.15) is 20.8 Å². The van der Waals surface area contributed by atoms with Crippen molar-refractivity contribution in [1.82, 2.24) is 4.90 Å². The number of nitrogens with one attached hydrogen (secondary N) is 1. The van der Waals surface area contributed by atoms with Gasteiger partial charge in [-0.2, -0.15) is 0 Å². The number of nitrogens with zero attached hydrogens (tertiary/aromatic N) is 1. The second-order valence-corrected chi connectivity index (χ2v) is 5.93. The third-order valence-corrected chi connectivity index (χ3v) is 3.27. The van der Waals surface area contributed by atoms with E-state index in [1.807, 2.05) is 43.3 Å². The Kier molecular flexibility index (Phi) is 6.82. The number of aliphatic hydroxyl groups excluding tert-OH is 1. The third kappa shape index (κ3) is 6.26. The van der Waals surface area contributed by atoms with Gasteiger partial charge < -0.3 is 20.1 Å². The predicted octanol–water partition coefficient (Wildman–Crippen LogP) is 2.44. The van der Waals surface area contributed by atoms with Crippen LogP contribution in [0.25, 0.3) is 0 Å². The summed E-state index contributed by atoms with van der Waals surface area (Å²) in [5.41, 5.74) is 1.09. The Morgan fingerprint density at radius 2 is 1.75 bits per heavy atom. The van der Waals surface area contributed by atoms with Gasteiger partial charge in [0.15, 0.2) is 0 Å². The van der Waals surface area contributed by atoms with E-state index in [0.717, 1.165) is 11.4 Å². The normalized spacial score (nSPS) is 14.4. The van der Waals surface area contributed by atoms with E-state index in [9.17, 15) is 5.11 Å². The van der Waals surface area contributed by atoms with Crippen LogP contribution >= 0.6 is 0 Å². The summed E-state index contributed by atoms with van der Waals surface area (Å²) in [4.78, 5) is 1.94. The molecule has 0 aliphatic carbocycles. The van der Waals surface area contributed by atoms with Crippen molar-refractivity contribution in [2.24, 2.45) is 5.92 Å². The fraction of sp³-hybridized carbons (Fsp3) is 0.625. The lowest BCUT2D eigenvalue weighted by atomic mass is 10.1. The van der Waals surface area contributed by atoms with Crippen LogP contribution in [0.4, 0.5) is 5.69 Å². The highest BCUT2D eigenvalue weighted by molar-refractivity contribution is 5.47. The predicted molar refractivity (Wildman–Crippen MR) is 84.4 cm³/mol. The molecule has 0 spiro atoms. The van der Waals surface area contributed by atoms with Gasteiger partial charge in [0.2, 0.25) is 0 Å². The van der Waals surface area contributed by atoms with Gasteiger partial charge in [-0.25, -0.2) is 0 Å². The smallest absolute Gasteiger partial charge is 0.119 e. The van der Waals surface area contributed by atoms with E-state index < -0.39 is 6.10 Å². The fourth-order valence-electron chi connectivity index (χ4n) is 1.74. The van der Waals surface area contributed by atoms with Crippen molar-refractivity contribution in [3.05, 3.63) is 24.3 Å². The van der Waals surface area contributed by atoms with Gasteiger partial charge in [0.05, 0.1) is 0 Å². The van der Waals surface area contributed by atoms with E-state index in [-0.39, 0.29) is 0 Å². The number of hydrogen-bond donors (Lipinski definition) is 2. The number of ether oxygens (including phenoxy) is 1. The molecule has 4 nitrogen and oxygen atoms in total. The van der Waals surface area contributed by atoms with Crippen molar-refractivity contribution >= 4 is 5.69 Å². The maximum Gasteiger partial charge on any atom is 0.119 e. The van der Waals surface area contributed by atoms with Crippen molar-refractivity contribution in [3.8, 4) is 5.75 Å². The maximum atomic E-state index is 9.74. The largest absolute Gasteiger partial charge is 0.491 e. The summed E-state index contributed by atoms with van der Waals surface area (Å²) in [6, 6.07) is 8.30. The Morgan fingerprint density at radius 1 is 1.15 bits per heavy atom. The molecule has 0 amide bonds. The zero-order valence-corrected chi connectivity index (χ0v) is 13.3. The lowest BCUT2D eigenvalue weighted by Gasteiger charge is -2.19. The molecule has 0 radical (unpaired) electrons. The van der Waals surface area contributed by atoms with Crippen LogP contribution in [0.15, 0.2) is 24.3 Å². The molecule has 0 aromatic heterocycles. The second kappa shape index (κ2) is 8.12. The lowest BCUT2D eigenvalue weighted by Crippen LogP contribution is -2.30. The average Bonchev–Trinajstić information content (AvgIpc) is 2.37. The Hall–Kier alpha value is -1.26. The Balaban J connectivity index is 2.42. The van der Waals surface area contributed by atoms with Gasteiger partial charge in [-0.15, -0.1) is 0 Å². The number of aliphatic hydroxyl groups is 1. The highest BCUT2D eigenvalue weighted by atomic mass is 16.5.